The molecule has 0 bridgehead atoms. The zero-order chi connectivity index (χ0) is 10.8. The van der Waals surface area contributed by atoms with Crippen LogP contribution >= 0.6 is 22.6 Å². The number of hydrogen-bond acceptors (Lipinski definition) is 2. The van der Waals surface area contributed by atoms with E-state index in [-0.39, 0.29) is 11.7 Å². The van der Waals surface area contributed by atoms with E-state index in [2.05, 4.69) is 0 Å². The topological polar surface area (TPSA) is 29.5 Å². The lowest BCUT2D eigenvalue weighted by Crippen LogP contribution is -2.27. The molecule has 0 aliphatic carbocycles. The second-order valence-electron chi connectivity index (χ2n) is 3.22. The van der Waals surface area contributed by atoms with Crippen LogP contribution in [0.2, 0.25) is 0 Å². The monoisotopic (exact) mass is 321 g/mol. The van der Waals surface area contributed by atoms with Crippen LogP contribution in [0.1, 0.15) is 16.8 Å². The Balaban J connectivity index is 2.24. The van der Waals surface area contributed by atoms with Gasteiger partial charge in [0.25, 0.3) is 5.91 Å². The molecule has 1 aromatic rings. The summed E-state index contributed by atoms with van der Waals surface area (Å²) < 4.78 is 13.4. The van der Waals surface area contributed by atoms with Gasteiger partial charge < -0.3 is 0 Å². The van der Waals surface area contributed by atoms with Gasteiger partial charge in [0.15, 0.2) is 0 Å². The van der Waals surface area contributed by atoms with Crippen LogP contribution in [0.25, 0.3) is 0 Å². The molecule has 1 aliphatic rings. The second-order valence-corrected chi connectivity index (χ2v) is 4.38. The van der Waals surface area contributed by atoms with Crippen molar-refractivity contribution in [1.82, 2.24) is 5.06 Å². The van der Waals surface area contributed by atoms with Crippen molar-refractivity contribution >= 4 is 28.5 Å². The fourth-order valence-corrected chi connectivity index (χ4v) is 2.11. The van der Waals surface area contributed by atoms with Crippen molar-refractivity contribution in [2.75, 3.05) is 13.2 Å². The molecular formula is C10H9FINO2. The smallest absolute Gasteiger partial charge is 0.271 e. The van der Waals surface area contributed by atoms with E-state index in [1.165, 1.54) is 23.3 Å². The number of rotatable bonds is 1. The minimum atomic E-state index is -0.335. The Labute approximate surface area is 100 Å². The van der Waals surface area contributed by atoms with Crippen LogP contribution in [0, 0.1) is 9.39 Å². The predicted molar refractivity (Wildman–Crippen MR) is 60.7 cm³/mol. The van der Waals surface area contributed by atoms with Crippen molar-refractivity contribution < 1.29 is 14.0 Å². The minimum Gasteiger partial charge on any atom is -0.271 e. The van der Waals surface area contributed by atoms with Gasteiger partial charge in [0, 0.05) is 3.57 Å². The summed E-state index contributed by atoms with van der Waals surface area (Å²) in [4.78, 5) is 17.0. The van der Waals surface area contributed by atoms with Gasteiger partial charge in [0.05, 0.1) is 18.7 Å². The molecule has 1 aromatic carbocycles. The normalized spacial score (nSPS) is 15.7. The standard InChI is InChI=1S/C10H9FINO2/c11-7-2-3-8(9(12)6-7)10(14)13-4-1-5-15-13/h2-3,6H,1,4-5H2. The molecule has 0 atom stereocenters. The molecule has 1 saturated heterocycles. The molecular weight excluding hydrogens is 312 g/mol. The largest absolute Gasteiger partial charge is 0.278 e. The second kappa shape index (κ2) is 4.44. The number of carbonyl (C=O) groups excluding carboxylic acids is 1. The summed E-state index contributed by atoms with van der Waals surface area (Å²) in [6.07, 6.45) is 0.851. The summed E-state index contributed by atoms with van der Waals surface area (Å²) in [5.74, 6) is -0.532. The Morgan fingerprint density at radius 2 is 2.33 bits per heavy atom. The lowest BCUT2D eigenvalue weighted by Gasteiger charge is -2.14. The third kappa shape index (κ3) is 2.28. The van der Waals surface area contributed by atoms with Crippen molar-refractivity contribution in [2.45, 2.75) is 6.42 Å². The average molecular weight is 321 g/mol. The van der Waals surface area contributed by atoms with Crippen LogP contribution in [0.15, 0.2) is 18.2 Å². The summed E-state index contributed by atoms with van der Waals surface area (Å²) >= 11 is 1.94. The van der Waals surface area contributed by atoms with E-state index in [1.54, 1.807) is 0 Å². The number of hydroxylamine groups is 2. The zero-order valence-electron chi connectivity index (χ0n) is 7.87. The molecule has 0 saturated carbocycles. The molecule has 1 aliphatic heterocycles. The molecule has 0 unspecified atom stereocenters. The molecule has 80 valence electrons. The van der Waals surface area contributed by atoms with Gasteiger partial charge in [-0.2, -0.15) is 0 Å². The van der Waals surface area contributed by atoms with Crippen LogP contribution < -0.4 is 0 Å². The minimum absolute atomic E-state index is 0.197. The van der Waals surface area contributed by atoms with E-state index in [0.717, 1.165) is 6.42 Å². The molecule has 0 aromatic heterocycles. The van der Waals surface area contributed by atoms with Gasteiger partial charge in [-0.1, -0.05) is 0 Å². The van der Waals surface area contributed by atoms with Crippen LogP contribution in [0.3, 0.4) is 0 Å². The number of hydrogen-bond donors (Lipinski definition) is 0. The number of carbonyl (C=O) groups is 1. The fraction of sp³-hybridized carbons (Fsp3) is 0.300. The molecule has 1 fully saturated rings. The lowest BCUT2D eigenvalue weighted by atomic mass is 10.2. The molecule has 15 heavy (non-hydrogen) atoms. The number of benzene rings is 1. The van der Waals surface area contributed by atoms with E-state index in [0.29, 0.717) is 22.3 Å². The van der Waals surface area contributed by atoms with Gasteiger partial charge in [0.2, 0.25) is 0 Å². The number of nitrogens with zero attached hydrogens (tertiary/aromatic N) is 1. The van der Waals surface area contributed by atoms with Crippen molar-refractivity contribution in [2.24, 2.45) is 0 Å². The molecule has 0 radical (unpaired) electrons. The van der Waals surface area contributed by atoms with E-state index in [4.69, 9.17) is 4.84 Å². The van der Waals surface area contributed by atoms with Crippen molar-refractivity contribution in [3.05, 3.63) is 33.1 Å². The highest BCUT2D eigenvalue weighted by atomic mass is 127. The van der Waals surface area contributed by atoms with Crippen molar-refractivity contribution in [1.29, 1.82) is 0 Å². The molecule has 1 heterocycles. The van der Waals surface area contributed by atoms with Crippen LogP contribution in [-0.4, -0.2) is 24.1 Å². The van der Waals surface area contributed by atoms with E-state index in [1.807, 2.05) is 22.6 Å². The summed E-state index contributed by atoms with van der Waals surface area (Å²) in [5.41, 5.74) is 0.485. The predicted octanol–water partition coefficient (Wildman–Crippen LogP) is 2.21. The summed E-state index contributed by atoms with van der Waals surface area (Å²) in [7, 11) is 0. The molecule has 3 nitrogen and oxygen atoms in total. The van der Waals surface area contributed by atoms with E-state index in [9.17, 15) is 9.18 Å². The third-order valence-electron chi connectivity index (χ3n) is 2.14. The number of amides is 1. The van der Waals surface area contributed by atoms with Gasteiger partial charge in [-0.25, -0.2) is 9.45 Å². The summed E-state index contributed by atoms with van der Waals surface area (Å²) in [6.45, 7) is 1.18. The molecule has 5 heteroatoms. The molecule has 0 N–H and O–H groups in total. The van der Waals surface area contributed by atoms with Crippen LogP contribution in [0.5, 0.6) is 0 Å². The van der Waals surface area contributed by atoms with Crippen LogP contribution in [-0.2, 0) is 4.84 Å². The Bertz CT molecular complexity index is 391. The SMILES string of the molecule is O=C(c1ccc(F)cc1I)N1CCCO1. The van der Waals surface area contributed by atoms with E-state index < -0.39 is 0 Å². The van der Waals surface area contributed by atoms with Gasteiger partial charge in [-0.05, 0) is 47.2 Å². The Hall–Kier alpha value is -0.690. The fourth-order valence-electron chi connectivity index (χ4n) is 1.40. The van der Waals surface area contributed by atoms with Gasteiger partial charge in [-0.3, -0.25) is 9.63 Å². The van der Waals surface area contributed by atoms with Crippen molar-refractivity contribution in [3.63, 3.8) is 0 Å². The van der Waals surface area contributed by atoms with E-state index >= 15 is 0 Å². The van der Waals surface area contributed by atoms with Crippen molar-refractivity contribution in [3.8, 4) is 0 Å². The average Bonchev–Trinajstić information content (AvgIpc) is 2.69. The first-order valence-corrected chi connectivity index (χ1v) is 5.66. The Kier molecular flexibility index (Phi) is 3.20. The Morgan fingerprint density at radius 1 is 1.53 bits per heavy atom. The molecule has 0 spiro atoms. The maximum Gasteiger partial charge on any atom is 0.278 e. The molecule has 2 rings (SSSR count). The Morgan fingerprint density at radius 3 is 2.93 bits per heavy atom. The first-order valence-electron chi connectivity index (χ1n) is 4.58. The first kappa shape index (κ1) is 10.8. The summed E-state index contributed by atoms with van der Waals surface area (Å²) in [5, 5.41) is 1.33. The maximum atomic E-state index is 12.8. The lowest BCUT2D eigenvalue weighted by molar-refractivity contribution is -0.0769. The van der Waals surface area contributed by atoms with Gasteiger partial charge in [-0.15, -0.1) is 0 Å². The third-order valence-corrected chi connectivity index (χ3v) is 3.03. The highest BCUT2D eigenvalue weighted by Gasteiger charge is 2.22. The molecule has 1 amide bonds. The first-order chi connectivity index (χ1) is 7.18. The maximum absolute atomic E-state index is 12.8. The highest BCUT2D eigenvalue weighted by Crippen LogP contribution is 2.18. The summed E-state index contributed by atoms with van der Waals surface area (Å²) in [6, 6.07) is 4.11. The van der Waals surface area contributed by atoms with Gasteiger partial charge >= 0.3 is 0 Å². The number of halogens is 2. The van der Waals surface area contributed by atoms with Gasteiger partial charge in [0.1, 0.15) is 5.82 Å². The van der Waals surface area contributed by atoms with Crippen LogP contribution in [0.4, 0.5) is 4.39 Å². The highest BCUT2D eigenvalue weighted by molar-refractivity contribution is 14.1. The quantitative estimate of drug-likeness (QED) is 0.742. The zero-order valence-corrected chi connectivity index (χ0v) is 10.0.